The quantitative estimate of drug-likeness (QED) is 0.938. The Bertz CT molecular complexity index is 653. The minimum atomic E-state index is -0.179. The maximum absolute atomic E-state index is 12.6. The molecule has 0 saturated heterocycles. The highest BCUT2D eigenvalue weighted by molar-refractivity contribution is 5.97. The zero-order valence-corrected chi connectivity index (χ0v) is 12.6. The van der Waals surface area contributed by atoms with Crippen LogP contribution in [0, 0.1) is 13.8 Å². The number of aromatic nitrogens is 1. The Kier molecular flexibility index (Phi) is 4.58. The molecule has 0 radical (unpaired) electrons. The third-order valence-electron chi connectivity index (χ3n) is 3.35. The summed E-state index contributed by atoms with van der Waals surface area (Å²) in [7, 11) is 0. The molecule has 1 N–H and O–H groups in total. The summed E-state index contributed by atoms with van der Waals surface area (Å²) in [4.78, 5) is 18.7. The van der Waals surface area contributed by atoms with Crippen molar-refractivity contribution in [2.75, 3.05) is 6.54 Å². The van der Waals surface area contributed by atoms with Gasteiger partial charge in [-0.1, -0.05) is 17.7 Å². The van der Waals surface area contributed by atoms with Gasteiger partial charge in [-0.2, -0.15) is 0 Å². The lowest BCUT2D eigenvalue weighted by Crippen LogP contribution is -2.30. The van der Waals surface area contributed by atoms with E-state index in [9.17, 15) is 9.90 Å². The van der Waals surface area contributed by atoms with E-state index in [0.717, 1.165) is 17.0 Å². The van der Waals surface area contributed by atoms with E-state index in [-0.39, 0.29) is 11.7 Å². The third-order valence-corrected chi connectivity index (χ3v) is 3.35. The van der Waals surface area contributed by atoms with Gasteiger partial charge in [-0.25, -0.2) is 0 Å². The molecule has 2 rings (SSSR count). The first-order chi connectivity index (χ1) is 10.0. The normalized spacial score (nSPS) is 10.4. The van der Waals surface area contributed by atoms with Crippen LogP contribution in [0.5, 0.6) is 5.75 Å². The van der Waals surface area contributed by atoms with Crippen molar-refractivity contribution < 1.29 is 9.90 Å². The van der Waals surface area contributed by atoms with Crippen molar-refractivity contribution in [2.45, 2.75) is 27.3 Å². The number of amides is 1. The van der Waals surface area contributed by atoms with Crippen LogP contribution in [0.3, 0.4) is 0 Å². The Morgan fingerprint density at radius 3 is 2.67 bits per heavy atom. The van der Waals surface area contributed by atoms with E-state index in [1.54, 1.807) is 23.1 Å². The van der Waals surface area contributed by atoms with Crippen molar-refractivity contribution in [1.29, 1.82) is 0 Å². The van der Waals surface area contributed by atoms with Gasteiger partial charge < -0.3 is 10.0 Å². The van der Waals surface area contributed by atoms with Crippen LogP contribution in [0.15, 0.2) is 36.4 Å². The van der Waals surface area contributed by atoms with Gasteiger partial charge in [-0.05, 0) is 45.0 Å². The van der Waals surface area contributed by atoms with Crippen LogP contribution in [0.4, 0.5) is 0 Å². The fraction of sp³-hybridized carbons (Fsp3) is 0.294. The second-order valence-corrected chi connectivity index (χ2v) is 5.11. The molecule has 4 nitrogen and oxygen atoms in total. The highest BCUT2D eigenvalue weighted by atomic mass is 16.3. The van der Waals surface area contributed by atoms with Crippen LogP contribution in [0.1, 0.15) is 34.2 Å². The number of carbonyl (C=O) groups excluding carboxylic acids is 1. The molecular formula is C17H20N2O2. The van der Waals surface area contributed by atoms with Crippen molar-refractivity contribution in [3.63, 3.8) is 0 Å². The number of pyridine rings is 1. The summed E-state index contributed by atoms with van der Waals surface area (Å²) in [5.74, 6) is -0.164. The molecule has 1 amide bonds. The fourth-order valence-corrected chi connectivity index (χ4v) is 2.20. The van der Waals surface area contributed by atoms with Crippen LogP contribution in [-0.4, -0.2) is 27.4 Å². The lowest BCUT2D eigenvalue weighted by molar-refractivity contribution is 0.0747. The van der Waals surface area contributed by atoms with Crippen molar-refractivity contribution in [3.05, 3.63) is 58.9 Å². The first-order valence-corrected chi connectivity index (χ1v) is 7.02. The number of rotatable bonds is 4. The van der Waals surface area contributed by atoms with Crippen molar-refractivity contribution in [2.24, 2.45) is 0 Å². The number of carbonyl (C=O) groups is 1. The summed E-state index contributed by atoms with van der Waals surface area (Å²) >= 11 is 0. The molecule has 0 aliphatic carbocycles. The Hall–Kier alpha value is -2.36. The van der Waals surface area contributed by atoms with Gasteiger partial charge in [-0.3, -0.25) is 9.78 Å². The molecular weight excluding hydrogens is 264 g/mol. The largest absolute Gasteiger partial charge is 0.507 e. The van der Waals surface area contributed by atoms with E-state index in [4.69, 9.17) is 0 Å². The molecule has 1 heterocycles. The molecule has 0 aliphatic heterocycles. The molecule has 0 bridgehead atoms. The van der Waals surface area contributed by atoms with Gasteiger partial charge in [0, 0.05) is 12.2 Å². The summed E-state index contributed by atoms with van der Waals surface area (Å²) in [6.45, 7) is 6.73. The zero-order valence-electron chi connectivity index (χ0n) is 12.6. The van der Waals surface area contributed by atoms with Gasteiger partial charge in [0.15, 0.2) is 0 Å². The average molecular weight is 284 g/mol. The third kappa shape index (κ3) is 3.60. The monoisotopic (exact) mass is 284 g/mol. The van der Waals surface area contributed by atoms with Gasteiger partial charge in [0.1, 0.15) is 5.75 Å². The number of aryl methyl sites for hydroxylation is 2. The number of hydrogen-bond donors (Lipinski definition) is 1. The SMILES string of the molecule is CCN(Cc1cccc(C)n1)C(=O)c1cc(C)ccc1O. The number of aromatic hydroxyl groups is 1. The minimum absolute atomic E-state index is 0.0150. The standard InChI is InChI=1S/C17H20N2O2/c1-4-19(11-14-7-5-6-13(3)18-14)17(21)15-10-12(2)8-9-16(15)20/h5-10,20H,4,11H2,1-3H3. The van der Waals surface area contributed by atoms with Gasteiger partial charge in [0.05, 0.1) is 17.8 Å². The summed E-state index contributed by atoms with van der Waals surface area (Å²) in [6, 6.07) is 10.8. The Morgan fingerprint density at radius 1 is 1.24 bits per heavy atom. The van der Waals surface area contributed by atoms with Crippen LogP contribution in [-0.2, 0) is 6.54 Å². The lowest BCUT2D eigenvalue weighted by atomic mass is 10.1. The Balaban J connectivity index is 2.24. The molecule has 1 aromatic carbocycles. The predicted octanol–water partition coefficient (Wildman–Crippen LogP) is 3.07. The molecule has 110 valence electrons. The second-order valence-electron chi connectivity index (χ2n) is 5.11. The average Bonchev–Trinajstić information content (AvgIpc) is 2.46. The van der Waals surface area contributed by atoms with Crippen LogP contribution >= 0.6 is 0 Å². The highest BCUT2D eigenvalue weighted by Crippen LogP contribution is 2.20. The van der Waals surface area contributed by atoms with Crippen molar-refractivity contribution in [1.82, 2.24) is 9.88 Å². The first-order valence-electron chi connectivity index (χ1n) is 7.02. The molecule has 0 fully saturated rings. The van der Waals surface area contributed by atoms with Crippen LogP contribution in [0.2, 0.25) is 0 Å². The Morgan fingerprint density at radius 2 is 2.00 bits per heavy atom. The summed E-state index contributed by atoms with van der Waals surface area (Å²) in [5.41, 5.74) is 3.05. The maximum Gasteiger partial charge on any atom is 0.257 e. The van der Waals surface area contributed by atoms with E-state index >= 15 is 0 Å². The topological polar surface area (TPSA) is 53.4 Å². The zero-order chi connectivity index (χ0) is 15.4. The van der Waals surface area contributed by atoms with Crippen molar-refractivity contribution >= 4 is 5.91 Å². The number of benzene rings is 1. The van der Waals surface area contributed by atoms with E-state index in [2.05, 4.69) is 4.98 Å². The molecule has 0 aliphatic rings. The van der Waals surface area contributed by atoms with E-state index in [1.165, 1.54) is 0 Å². The van der Waals surface area contributed by atoms with E-state index in [0.29, 0.717) is 18.7 Å². The smallest absolute Gasteiger partial charge is 0.257 e. The van der Waals surface area contributed by atoms with E-state index in [1.807, 2.05) is 39.0 Å². The Labute approximate surface area is 125 Å². The van der Waals surface area contributed by atoms with E-state index < -0.39 is 0 Å². The molecule has 21 heavy (non-hydrogen) atoms. The van der Waals surface area contributed by atoms with Gasteiger partial charge in [0.25, 0.3) is 5.91 Å². The molecule has 1 aromatic heterocycles. The highest BCUT2D eigenvalue weighted by Gasteiger charge is 2.18. The van der Waals surface area contributed by atoms with Crippen LogP contribution < -0.4 is 0 Å². The van der Waals surface area contributed by atoms with Gasteiger partial charge in [0.2, 0.25) is 0 Å². The molecule has 0 saturated carbocycles. The van der Waals surface area contributed by atoms with Gasteiger partial charge >= 0.3 is 0 Å². The van der Waals surface area contributed by atoms with Gasteiger partial charge in [-0.15, -0.1) is 0 Å². The molecule has 2 aromatic rings. The molecule has 4 heteroatoms. The number of nitrogens with zero attached hydrogens (tertiary/aromatic N) is 2. The van der Waals surface area contributed by atoms with Crippen LogP contribution in [0.25, 0.3) is 0 Å². The molecule has 0 spiro atoms. The second kappa shape index (κ2) is 6.39. The first kappa shape index (κ1) is 15.0. The predicted molar refractivity (Wildman–Crippen MR) is 82.2 cm³/mol. The molecule has 0 atom stereocenters. The fourth-order valence-electron chi connectivity index (χ4n) is 2.20. The van der Waals surface area contributed by atoms with Crippen molar-refractivity contribution in [3.8, 4) is 5.75 Å². The summed E-state index contributed by atoms with van der Waals surface area (Å²) < 4.78 is 0. The maximum atomic E-state index is 12.6. The summed E-state index contributed by atoms with van der Waals surface area (Å²) in [6.07, 6.45) is 0. The number of hydrogen-bond acceptors (Lipinski definition) is 3. The number of phenols is 1. The number of phenolic OH excluding ortho intramolecular Hbond substituents is 1. The summed E-state index contributed by atoms with van der Waals surface area (Å²) in [5, 5.41) is 9.90. The molecule has 0 unspecified atom stereocenters. The minimum Gasteiger partial charge on any atom is -0.507 e. The lowest BCUT2D eigenvalue weighted by Gasteiger charge is -2.21.